The van der Waals surface area contributed by atoms with Gasteiger partial charge in [0.15, 0.2) is 0 Å². The molecule has 0 unspecified atom stereocenters. The molecule has 0 aromatic heterocycles. The van der Waals surface area contributed by atoms with Gasteiger partial charge in [0, 0.05) is 52.4 Å². The molecule has 6 heteroatoms. The summed E-state index contributed by atoms with van der Waals surface area (Å²) in [6.07, 6.45) is 0.831. The minimum atomic E-state index is -0.124. The van der Waals surface area contributed by atoms with E-state index in [0.29, 0.717) is 32.7 Å². The van der Waals surface area contributed by atoms with Crippen molar-refractivity contribution >= 4 is 12.3 Å². The highest BCUT2D eigenvalue weighted by molar-refractivity contribution is 5.93. The maximum atomic E-state index is 11.8. The Morgan fingerprint density at radius 3 is 2.42 bits per heavy atom. The third-order valence-electron chi connectivity index (χ3n) is 3.46. The third kappa shape index (κ3) is 4.23. The largest absolute Gasteiger partial charge is 0.342 e. The summed E-state index contributed by atoms with van der Waals surface area (Å²) in [7, 11) is 0. The van der Waals surface area contributed by atoms with Gasteiger partial charge in [0.25, 0.3) is 5.91 Å². The molecule has 2 aliphatic rings. The molecule has 0 aliphatic carbocycles. The Hall–Kier alpha value is -1.58. The van der Waals surface area contributed by atoms with Gasteiger partial charge in [-0.3, -0.25) is 14.5 Å². The molecule has 0 aromatic rings. The molecule has 2 amide bonds. The lowest BCUT2D eigenvalue weighted by atomic mass is 10.3. The van der Waals surface area contributed by atoms with Crippen LogP contribution in [0.25, 0.3) is 0 Å². The van der Waals surface area contributed by atoms with Crippen molar-refractivity contribution in [3.8, 4) is 11.8 Å². The van der Waals surface area contributed by atoms with Gasteiger partial charge in [-0.1, -0.05) is 5.92 Å². The highest BCUT2D eigenvalue weighted by Crippen LogP contribution is 1.99. The summed E-state index contributed by atoms with van der Waals surface area (Å²) in [6.45, 7) is 6.99. The van der Waals surface area contributed by atoms with Crippen LogP contribution < -0.4 is 5.32 Å². The van der Waals surface area contributed by atoms with E-state index in [9.17, 15) is 9.59 Å². The highest BCUT2D eigenvalue weighted by Gasteiger charge is 2.18. The van der Waals surface area contributed by atoms with Gasteiger partial charge in [-0.15, -0.1) is 0 Å². The van der Waals surface area contributed by atoms with E-state index in [4.69, 9.17) is 0 Å². The molecule has 0 aromatic carbocycles. The molecule has 19 heavy (non-hydrogen) atoms. The Balaban J connectivity index is 1.73. The summed E-state index contributed by atoms with van der Waals surface area (Å²) in [5, 5.41) is 3.28. The van der Waals surface area contributed by atoms with Gasteiger partial charge in [-0.05, 0) is 5.92 Å². The van der Waals surface area contributed by atoms with Crippen LogP contribution in [0.5, 0.6) is 0 Å². The average Bonchev–Trinajstić information content (AvgIpc) is 2.48. The molecule has 0 saturated carbocycles. The molecule has 104 valence electrons. The van der Waals surface area contributed by atoms with E-state index in [-0.39, 0.29) is 5.91 Å². The Bertz CT molecular complexity index is 374. The van der Waals surface area contributed by atoms with Gasteiger partial charge < -0.3 is 15.1 Å². The molecule has 2 fully saturated rings. The minimum absolute atomic E-state index is 0.124. The number of carbonyl (C=O) groups excluding carboxylic acids is 2. The topological polar surface area (TPSA) is 55.9 Å². The Morgan fingerprint density at radius 2 is 1.79 bits per heavy atom. The van der Waals surface area contributed by atoms with Crippen LogP contribution in [0.3, 0.4) is 0 Å². The average molecular weight is 264 g/mol. The summed E-state index contributed by atoms with van der Waals surface area (Å²) in [4.78, 5) is 28.0. The number of hydrogen-bond acceptors (Lipinski definition) is 4. The van der Waals surface area contributed by atoms with Crippen molar-refractivity contribution in [2.24, 2.45) is 0 Å². The molecule has 0 atom stereocenters. The van der Waals surface area contributed by atoms with Crippen LogP contribution in [-0.2, 0) is 9.59 Å². The fourth-order valence-electron chi connectivity index (χ4n) is 2.21. The van der Waals surface area contributed by atoms with Crippen LogP contribution >= 0.6 is 0 Å². The summed E-state index contributed by atoms with van der Waals surface area (Å²) in [5.74, 6) is 5.53. The predicted molar refractivity (Wildman–Crippen MR) is 71.3 cm³/mol. The summed E-state index contributed by atoms with van der Waals surface area (Å²) < 4.78 is 0. The fourth-order valence-corrected chi connectivity index (χ4v) is 2.21. The smallest absolute Gasteiger partial charge is 0.298 e. The molecule has 2 aliphatic heterocycles. The number of nitrogens with zero attached hydrogens (tertiary/aromatic N) is 3. The van der Waals surface area contributed by atoms with Crippen LogP contribution in [0.1, 0.15) is 0 Å². The first-order valence-corrected chi connectivity index (χ1v) is 6.70. The van der Waals surface area contributed by atoms with E-state index in [1.165, 1.54) is 0 Å². The van der Waals surface area contributed by atoms with E-state index in [2.05, 4.69) is 22.1 Å². The first kappa shape index (κ1) is 13.8. The van der Waals surface area contributed by atoms with E-state index < -0.39 is 0 Å². The summed E-state index contributed by atoms with van der Waals surface area (Å²) >= 11 is 0. The van der Waals surface area contributed by atoms with Crippen LogP contribution in [0.15, 0.2) is 0 Å². The molecule has 0 radical (unpaired) electrons. The van der Waals surface area contributed by atoms with Gasteiger partial charge in [-0.2, -0.15) is 0 Å². The molecule has 2 saturated heterocycles. The zero-order chi connectivity index (χ0) is 13.5. The van der Waals surface area contributed by atoms with Crippen LogP contribution in [-0.4, -0.2) is 85.9 Å². The van der Waals surface area contributed by atoms with Crippen molar-refractivity contribution in [2.75, 3.05) is 58.9 Å². The second-order valence-electron chi connectivity index (χ2n) is 4.76. The maximum absolute atomic E-state index is 11.8. The Kier molecular flexibility index (Phi) is 5.19. The number of carbonyl (C=O) groups is 2. The molecule has 0 spiro atoms. The molecule has 1 N–H and O–H groups in total. The quantitative estimate of drug-likeness (QED) is 0.472. The number of nitrogens with one attached hydrogen (secondary N) is 1. The maximum Gasteiger partial charge on any atom is 0.298 e. The van der Waals surface area contributed by atoms with E-state index in [0.717, 1.165) is 32.6 Å². The zero-order valence-electron chi connectivity index (χ0n) is 11.1. The molecule has 2 rings (SSSR count). The summed E-state index contributed by atoms with van der Waals surface area (Å²) in [6, 6.07) is 0. The van der Waals surface area contributed by atoms with Crippen LogP contribution in [0, 0.1) is 11.8 Å². The van der Waals surface area contributed by atoms with Crippen LogP contribution in [0.4, 0.5) is 0 Å². The van der Waals surface area contributed by atoms with Crippen LogP contribution in [0.2, 0.25) is 0 Å². The monoisotopic (exact) mass is 264 g/mol. The SMILES string of the molecule is O=CN1CCN(C(=O)C#CCN2CCNCC2)CC1. The number of piperazine rings is 2. The lowest BCUT2D eigenvalue weighted by Gasteiger charge is -2.31. The van der Waals surface area contributed by atoms with Gasteiger partial charge in [0.2, 0.25) is 6.41 Å². The van der Waals surface area contributed by atoms with Crippen molar-refractivity contribution in [3.05, 3.63) is 0 Å². The molecular weight excluding hydrogens is 244 g/mol. The van der Waals surface area contributed by atoms with Gasteiger partial charge in [0.1, 0.15) is 0 Å². The standard InChI is InChI=1S/C13H20N4O2/c18-12-16-8-10-17(11-9-16)13(19)2-1-5-15-6-3-14-4-7-15/h12,14H,3-11H2. The van der Waals surface area contributed by atoms with E-state index in [1.807, 2.05) is 0 Å². The van der Waals surface area contributed by atoms with Crippen molar-refractivity contribution in [3.63, 3.8) is 0 Å². The third-order valence-corrected chi connectivity index (χ3v) is 3.46. The Labute approximate surface area is 113 Å². The number of amides is 2. The number of hydrogen-bond donors (Lipinski definition) is 1. The molecule has 0 bridgehead atoms. The van der Waals surface area contributed by atoms with Crippen molar-refractivity contribution < 1.29 is 9.59 Å². The molecular formula is C13H20N4O2. The molecule has 6 nitrogen and oxygen atoms in total. The molecule has 2 heterocycles. The lowest BCUT2D eigenvalue weighted by Crippen LogP contribution is -2.47. The lowest BCUT2D eigenvalue weighted by molar-refractivity contribution is -0.130. The summed E-state index contributed by atoms with van der Waals surface area (Å²) in [5.41, 5.74) is 0. The van der Waals surface area contributed by atoms with E-state index >= 15 is 0 Å². The first-order valence-electron chi connectivity index (χ1n) is 6.70. The first-order chi connectivity index (χ1) is 9.29. The van der Waals surface area contributed by atoms with Gasteiger partial charge >= 0.3 is 0 Å². The zero-order valence-corrected chi connectivity index (χ0v) is 11.1. The second kappa shape index (κ2) is 7.12. The van der Waals surface area contributed by atoms with Crippen molar-refractivity contribution in [1.82, 2.24) is 20.0 Å². The second-order valence-corrected chi connectivity index (χ2v) is 4.76. The van der Waals surface area contributed by atoms with Crippen molar-refractivity contribution in [1.29, 1.82) is 0 Å². The van der Waals surface area contributed by atoms with Crippen molar-refractivity contribution in [2.45, 2.75) is 0 Å². The van der Waals surface area contributed by atoms with Gasteiger partial charge in [0.05, 0.1) is 6.54 Å². The normalized spacial score (nSPS) is 20.6. The number of rotatable bonds is 2. The van der Waals surface area contributed by atoms with Gasteiger partial charge in [-0.25, -0.2) is 0 Å². The fraction of sp³-hybridized carbons (Fsp3) is 0.692. The highest BCUT2D eigenvalue weighted by atomic mass is 16.2. The Morgan fingerprint density at radius 1 is 1.11 bits per heavy atom. The predicted octanol–water partition coefficient (Wildman–Crippen LogP) is -1.80. The van der Waals surface area contributed by atoms with E-state index in [1.54, 1.807) is 9.80 Å². The minimum Gasteiger partial charge on any atom is -0.342 e.